The molecule has 116 valence electrons. The van der Waals surface area contributed by atoms with Crippen molar-refractivity contribution in [1.29, 1.82) is 0 Å². The molecule has 2 rings (SSSR count). The summed E-state index contributed by atoms with van der Waals surface area (Å²) in [6.07, 6.45) is 2.98. The molecule has 0 bridgehead atoms. The molecule has 1 aromatic carbocycles. The van der Waals surface area contributed by atoms with Crippen molar-refractivity contribution in [2.24, 2.45) is 5.92 Å². The maximum absolute atomic E-state index is 12.2. The van der Waals surface area contributed by atoms with Gasteiger partial charge in [0.2, 0.25) is 5.91 Å². The van der Waals surface area contributed by atoms with Gasteiger partial charge in [0.25, 0.3) is 0 Å². The number of carbonyl (C=O) groups is 1. The predicted molar refractivity (Wildman–Crippen MR) is 86.1 cm³/mol. The Bertz CT molecular complexity index is 596. The van der Waals surface area contributed by atoms with Gasteiger partial charge in [0.05, 0.1) is 11.5 Å². The Morgan fingerprint density at radius 1 is 1.33 bits per heavy atom. The summed E-state index contributed by atoms with van der Waals surface area (Å²) in [6.45, 7) is 0.562. The van der Waals surface area contributed by atoms with Crippen LogP contribution in [0.15, 0.2) is 29.2 Å². The topological polar surface area (TPSA) is 54.5 Å². The third-order valence-corrected chi connectivity index (χ3v) is 6.38. The van der Waals surface area contributed by atoms with Crippen molar-refractivity contribution in [2.45, 2.75) is 24.3 Å². The van der Waals surface area contributed by atoms with Crippen LogP contribution in [-0.4, -0.2) is 44.0 Å². The number of sulfone groups is 1. The lowest BCUT2D eigenvalue weighted by Gasteiger charge is -2.19. The third-order valence-electron chi connectivity index (χ3n) is 3.79. The molecule has 0 saturated carbocycles. The summed E-state index contributed by atoms with van der Waals surface area (Å²) < 4.78 is 22.8. The number of hydrogen-bond acceptors (Lipinski definition) is 4. The number of thioether (sulfide) groups is 1. The lowest BCUT2D eigenvalue weighted by atomic mass is 10.0. The molecule has 1 unspecified atom stereocenters. The van der Waals surface area contributed by atoms with Crippen molar-refractivity contribution < 1.29 is 13.2 Å². The molecule has 1 saturated heterocycles. The molecule has 0 spiro atoms. The maximum Gasteiger partial charge on any atom is 0.222 e. The van der Waals surface area contributed by atoms with Crippen molar-refractivity contribution >= 4 is 27.5 Å². The molecule has 0 radical (unpaired) electrons. The zero-order valence-corrected chi connectivity index (χ0v) is 14.0. The molecular weight excluding hydrogens is 306 g/mol. The van der Waals surface area contributed by atoms with Crippen LogP contribution in [0.5, 0.6) is 0 Å². The molecule has 6 heteroatoms. The summed E-state index contributed by atoms with van der Waals surface area (Å²) in [5, 5.41) is 0. The van der Waals surface area contributed by atoms with Crippen LogP contribution in [0.25, 0.3) is 0 Å². The average molecular weight is 327 g/mol. The Balaban J connectivity index is 1.87. The van der Waals surface area contributed by atoms with Gasteiger partial charge in [0.1, 0.15) is 0 Å². The Morgan fingerprint density at radius 3 is 2.52 bits per heavy atom. The van der Waals surface area contributed by atoms with E-state index in [1.807, 2.05) is 30.5 Å². The lowest BCUT2D eigenvalue weighted by Crippen LogP contribution is -2.28. The fraction of sp³-hybridized carbons (Fsp3) is 0.533. The largest absolute Gasteiger partial charge is 0.341 e. The van der Waals surface area contributed by atoms with Gasteiger partial charge in [-0.3, -0.25) is 4.79 Å². The first-order chi connectivity index (χ1) is 9.89. The van der Waals surface area contributed by atoms with E-state index in [2.05, 4.69) is 0 Å². The van der Waals surface area contributed by atoms with Crippen LogP contribution < -0.4 is 0 Å². The number of amides is 1. The van der Waals surface area contributed by atoms with Crippen molar-refractivity contribution in [1.82, 2.24) is 4.90 Å². The maximum atomic E-state index is 12.2. The Hall–Kier alpha value is -1.01. The normalized spacial score (nSPS) is 20.4. The molecule has 1 heterocycles. The smallest absolute Gasteiger partial charge is 0.222 e. The molecule has 1 aromatic rings. The van der Waals surface area contributed by atoms with E-state index < -0.39 is 9.84 Å². The Labute approximate surface area is 130 Å². The van der Waals surface area contributed by atoms with E-state index in [9.17, 15) is 13.2 Å². The van der Waals surface area contributed by atoms with Gasteiger partial charge in [0, 0.05) is 24.9 Å². The first-order valence-electron chi connectivity index (χ1n) is 6.97. The van der Waals surface area contributed by atoms with E-state index >= 15 is 0 Å². The van der Waals surface area contributed by atoms with Crippen LogP contribution in [0.2, 0.25) is 0 Å². The molecule has 1 aliphatic heterocycles. The minimum absolute atomic E-state index is 0.0104. The van der Waals surface area contributed by atoms with Gasteiger partial charge in [-0.05, 0) is 36.3 Å². The molecular formula is C15H21NO3S2. The lowest BCUT2D eigenvalue weighted by molar-refractivity contribution is -0.131. The molecule has 1 aliphatic rings. The van der Waals surface area contributed by atoms with Crippen LogP contribution in [0, 0.1) is 5.92 Å². The van der Waals surface area contributed by atoms with Crippen LogP contribution in [0.4, 0.5) is 0 Å². The van der Waals surface area contributed by atoms with Crippen LogP contribution in [-0.2, 0) is 21.2 Å². The second-order valence-corrected chi connectivity index (χ2v) is 8.68. The molecule has 21 heavy (non-hydrogen) atoms. The number of carbonyl (C=O) groups excluding carboxylic acids is 1. The fourth-order valence-electron chi connectivity index (χ4n) is 2.53. The van der Waals surface area contributed by atoms with Crippen LogP contribution >= 0.6 is 11.8 Å². The Morgan fingerprint density at radius 2 is 2.00 bits per heavy atom. The fourth-order valence-corrected chi connectivity index (χ4v) is 4.80. The van der Waals surface area contributed by atoms with Gasteiger partial charge in [-0.1, -0.05) is 12.1 Å². The minimum Gasteiger partial charge on any atom is -0.341 e. The first-order valence-corrected chi connectivity index (χ1v) is 10.0. The molecule has 4 nitrogen and oxygen atoms in total. The summed E-state index contributed by atoms with van der Waals surface area (Å²) in [6, 6.07) is 8.13. The van der Waals surface area contributed by atoms with Crippen molar-refractivity contribution in [2.75, 3.05) is 24.8 Å². The molecule has 1 fully saturated rings. The van der Waals surface area contributed by atoms with Crippen molar-refractivity contribution in [3.63, 3.8) is 0 Å². The quantitative estimate of drug-likeness (QED) is 0.778. The summed E-state index contributed by atoms with van der Waals surface area (Å²) in [7, 11) is -1.13. The zero-order chi connectivity index (χ0) is 15.5. The van der Waals surface area contributed by atoms with Crippen molar-refractivity contribution in [3.05, 3.63) is 29.8 Å². The number of hydrogen-bond donors (Lipinski definition) is 0. The highest BCUT2D eigenvalue weighted by molar-refractivity contribution is 7.98. The van der Waals surface area contributed by atoms with Crippen LogP contribution in [0.1, 0.15) is 18.4 Å². The van der Waals surface area contributed by atoms with Crippen LogP contribution in [0.3, 0.4) is 0 Å². The molecule has 0 aromatic heterocycles. The second-order valence-electron chi connectivity index (χ2n) is 5.57. The van der Waals surface area contributed by atoms with E-state index in [1.165, 1.54) is 4.90 Å². The van der Waals surface area contributed by atoms with Gasteiger partial charge >= 0.3 is 0 Å². The zero-order valence-electron chi connectivity index (χ0n) is 12.4. The molecule has 1 amide bonds. The minimum atomic E-state index is -2.91. The predicted octanol–water partition coefficient (Wildman–Crippen LogP) is 2.19. The monoisotopic (exact) mass is 327 g/mol. The highest BCUT2D eigenvalue weighted by Gasteiger charge is 2.30. The highest BCUT2D eigenvalue weighted by Crippen LogP contribution is 2.22. The summed E-state index contributed by atoms with van der Waals surface area (Å²) in [4.78, 5) is 15.0. The van der Waals surface area contributed by atoms with Gasteiger partial charge in [-0.25, -0.2) is 8.42 Å². The summed E-state index contributed by atoms with van der Waals surface area (Å²) in [5.41, 5.74) is 1.09. The second kappa shape index (κ2) is 6.83. The van der Waals surface area contributed by atoms with Crippen molar-refractivity contribution in [3.8, 4) is 0 Å². The average Bonchev–Trinajstić information content (AvgIpc) is 2.78. The van der Waals surface area contributed by atoms with E-state index in [-0.39, 0.29) is 23.3 Å². The SMILES string of the molecule is CSc1ccc(CN(C)C(=O)CC2CCS(=O)(=O)C2)cc1. The standard InChI is InChI=1S/C15H21NO3S2/c1-16(10-12-3-5-14(20-2)6-4-12)15(17)9-13-7-8-21(18,19)11-13/h3-6,13H,7-11H2,1-2H3. The number of rotatable bonds is 5. The van der Waals surface area contributed by atoms with E-state index in [4.69, 9.17) is 0 Å². The first kappa shape index (κ1) is 16.4. The third kappa shape index (κ3) is 4.74. The van der Waals surface area contributed by atoms with E-state index in [1.54, 1.807) is 23.7 Å². The van der Waals surface area contributed by atoms with Gasteiger partial charge in [-0.15, -0.1) is 11.8 Å². The molecule has 0 N–H and O–H groups in total. The Kier molecular flexibility index (Phi) is 5.32. The van der Waals surface area contributed by atoms with E-state index in [0.29, 0.717) is 19.4 Å². The van der Waals surface area contributed by atoms with Gasteiger partial charge < -0.3 is 4.90 Å². The van der Waals surface area contributed by atoms with Gasteiger partial charge in [0.15, 0.2) is 9.84 Å². The van der Waals surface area contributed by atoms with Gasteiger partial charge in [-0.2, -0.15) is 0 Å². The number of nitrogens with zero attached hydrogens (tertiary/aromatic N) is 1. The van der Waals surface area contributed by atoms with E-state index in [0.717, 1.165) is 5.56 Å². The highest BCUT2D eigenvalue weighted by atomic mass is 32.2. The molecule has 1 atom stereocenters. The number of benzene rings is 1. The summed E-state index contributed by atoms with van der Waals surface area (Å²) >= 11 is 1.69. The molecule has 0 aliphatic carbocycles. The summed E-state index contributed by atoms with van der Waals surface area (Å²) in [5.74, 6) is 0.398.